The molecule has 2 atom stereocenters. The van der Waals surface area contributed by atoms with Crippen molar-refractivity contribution in [2.45, 2.75) is 38.1 Å². The van der Waals surface area contributed by atoms with E-state index in [1.165, 1.54) is 12.7 Å². The highest BCUT2D eigenvalue weighted by molar-refractivity contribution is 5.95. The minimum absolute atomic E-state index is 0.114. The number of nitrogens with one attached hydrogen (secondary N) is 1. The largest absolute Gasteiger partial charge is 0.489 e. The number of benzene rings is 2. The molecule has 3 aromatic heterocycles. The number of nitrogens with zero attached hydrogens (tertiary/aromatic N) is 6. The zero-order valence-corrected chi connectivity index (χ0v) is 21.3. The summed E-state index contributed by atoms with van der Waals surface area (Å²) in [5, 5.41) is 7.83. The van der Waals surface area contributed by atoms with E-state index in [1.807, 2.05) is 25.1 Å². The molecule has 1 aliphatic rings. The van der Waals surface area contributed by atoms with Crippen LogP contribution in [-0.4, -0.2) is 61.3 Å². The van der Waals surface area contributed by atoms with Gasteiger partial charge in [-0.15, -0.1) is 0 Å². The predicted octanol–water partition coefficient (Wildman–Crippen LogP) is 5.92. The molecule has 1 aliphatic heterocycles. The summed E-state index contributed by atoms with van der Waals surface area (Å²) in [6.07, 6.45) is -1.39. The third-order valence-electron chi connectivity index (χ3n) is 6.77. The van der Waals surface area contributed by atoms with Gasteiger partial charge in [0.25, 0.3) is 0 Å². The molecule has 2 aromatic carbocycles. The molecule has 4 heterocycles. The normalized spacial score (nSPS) is 19.6. The van der Waals surface area contributed by atoms with Crippen LogP contribution in [0.4, 0.5) is 24.7 Å². The van der Waals surface area contributed by atoms with Crippen LogP contribution in [0.3, 0.4) is 0 Å². The van der Waals surface area contributed by atoms with Gasteiger partial charge in [0, 0.05) is 35.0 Å². The smallest absolute Gasteiger partial charge is 0.404 e. The number of pyridine rings is 1. The van der Waals surface area contributed by atoms with Gasteiger partial charge in [0.2, 0.25) is 0 Å². The lowest BCUT2D eigenvalue weighted by Gasteiger charge is -2.38. The van der Waals surface area contributed by atoms with E-state index < -0.39 is 31.7 Å². The second-order valence-electron chi connectivity index (χ2n) is 9.52. The molecule has 5 aromatic rings. The van der Waals surface area contributed by atoms with Gasteiger partial charge < -0.3 is 14.8 Å². The van der Waals surface area contributed by atoms with Crippen LogP contribution in [0.1, 0.15) is 22.5 Å². The van der Waals surface area contributed by atoms with E-state index in [4.69, 9.17) is 13.6 Å². The van der Waals surface area contributed by atoms with Crippen molar-refractivity contribution in [2.75, 3.05) is 18.8 Å². The zero-order chi connectivity index (χ0) is 30.4. The van der Waals surface area contributed by atoms with Crippen LogP contribution in [0.2, 0.25) is 0 Å². The van der Waals surface area contributed by atoms with E-state index in [0.717, 1.165) is 5.56 Å². The number of anilines is 2. The molecule has 0 bridgehead atoms. The van der Waals surface area contributed by atoms with Crippen LogP contribution < -0.4 is 14.8 Å². The van der Waals surface area contributed by atoms with E-state index in [1.54, 1.807) is 41.0 Å². The molecule has 1 N–H and O–H groups in total. The SMILES string of the molecule is [2H]C([2H])([2H])N1CC[C@H](Oc2cccc3ncnc(Nc4ccc(Oc5ccn6ncnc6c5)c(C)c4)c23)C[C@@H]1C(F)(F)F. The van der Waals surface area contributed by atoms with E-state index in [-0.39, 0.29) is 13.0 Å². The number of rotatable bonds is 6. The summed E-state index contributed by atoms with van der Waals surface area (Å²) in [7, 11) is 0. The quantitative estimate of drug-likeness (QED) is 0.278. The topological polar surface area (TPSA) is 89.7 Å². The third-order valence-corrected chi connectivity index (χ3v) is 6.77. The fourth-order valence-electron chi connectivity index (χ4n) is 4.77. The van der Waals surface area contributed by atoms with Gasteiger partial charge in [0.05, 0.1) is 10.9 Å². The summed E-state index contributed by atoms with van der Waals surface area (Å²) in [6.45, 7) is -1.25. The number of likely N-dealkylation sites (tertiary alicyclic amines) is 1. The Labute approximate surface area is 231 Å². The van der Waals surface area contributed by atoms with E-state index in [9.17, 15) is 13.2 Å². The molecular weight excluding hydrogens is 523 g/mol. The first-order valence-corrected chi connectivity index (χ1v) is 12.5. The number of hydrogen-bond donors (Lipinski definition) is 1. The molecule has 0 amide bonds. The Bertz CT molecular complexity index is 1780. The van der Waals surface area contributed by atoms with E-state index in [0.29, 0.717) is 50.2 Å². The van der Waals surface area contributed by atoms with Gasteiger partial charge in [0.15, 0.2) is 5.65 Å². The highest BCUT2D eigenvalue weighted by atomic mass is 19.4. The number of hydrogen-bond acceptors (Lipinski definition) is 8. The van der Waals surface area contributed by atoms with Gasteiger partial charge in [-0.3, -0.25) is 4.90 Å². The van der Waals surface area contributed by atoms with Crippen LogP contribution in [0.25, 0.3) is 16.6 Å². The highest BCUT2D eigenvalue weighted by Gasteiger charge is 2.46. The first-order valence-electron chi connectivity index (χ1n) is 14.0. The molecule has 0 aliphatic carbocycles. The summed E-state index contributed by atoms with van der Waals surface area (Å²) >= 11 is 0. The molecule has 206 valence electrons. The second-order valence-corrected chi connectivity index (χ2v) is 9.52. The van der Waals surface area contributed by atoms with Crippen molar-refractivity contribution in [2.24, 2.45) is 0 Å². The predicted molar refractivity (Wildman–Crippen MR) is 143 cm³/mol. The van der Waals surface area contributed by atoms with Crippen molar-refractivity contribution < 1.29 is 26.8 Å². The summed E-state index contributed by atoms with van der Waals surface area (Å²) in [5.41, 5.74) is 2.71. The first-order chi connectivity index (χ1) is 20.5. The molecular formula is C28H26F3N7O2. The van der Waals surface area contributed by atoms with Gasteiger partial charge >= 0.3 is 6.18 Å². The van der Waals surface area contributed by atoms with Crippen LogP contribution in [0.5, 0.6) is 17.2 Å². The molecule has 12 heteroatoms. The lowest BCUT2D eigenvalue weighted by molar-refractivity contribution is -0.194. The maximum Gasteiger partial charge on any atom is 0.404 e. The van der Waals surface area contributed by atoms with Crippen molar-refractivity contribution in [3.8, 4) is 17.2 Å². The average Bonchev–Trinajstić information content (AvgIpc) is 3.42. The Morgan fingerprint density at radius 2 is 1.95 bits per heavy atom. The summed E-state index contributed by atoms with van der Waals surface area (Å²) in [6, 6.07) is 12.0. The lowest BCUT2D eigenvalue weighted by Crippen LogP contribution is -2.51. The highest BCUT2D eigenvalue weighted by Crippen LogP contribution is 2.37. The van der Waals surface area contributed by atoms with Crippen LogP contribution in [0.15, 0.2) is 67.4 Å². The number of fused-ring (bicyclic) bond motifs is 2. The van der Waals surface area contributed by atoms with Crippen LogP contribution in [-0.2, 0) is 0 Å². The number of ether oxygens (including phenoxy) is 2. The lowest BCUT2D eigenvalue weighted by atomic mass is 9.99. The first kappa shape index (κ1) is 22.4. The number of aryl methyl sites for hydroxylation is 1. The Balaban J connectivity index is 1.23. The minimum atomic E-state index is -4.72. The summed E-state index contributed by atoms with van der Waals surface area (Å²) in [5.74, 6) is 1.94. The van der Waals surface area contributed by atoms with E-state index >= 15 is 0 Å². The molecule has 0 radical (unpaired) electrons. The molecule has 0 saturated carbocycles. The van der Waals surface area contributed by atoms with Crippen LogP contribution in [0, 0.1) is 6.92 Å². The van der Waals surface area contributed by atoms with Gasteiger partial charge in [-0.05, 0) is 62.3 Å². The van der Waals surface area contributed by atoms with Crippen molar-refractivity contribution in [1.29, 1.82) is 0 Å². The molecule has 0 spiro atoms. The molecule has 40 heavy (non-hydrogen) atoms. The summed E-state index contributed by atoms with van der Waals surface area (Å²) in [4.78, 5) is 13.4. The molecule has 1 fully saturated rings. The van der Waals surface area contributed by atoms with Gasteiger partial charge in [-0.25, -0.2) is 19.5 Å². The molecule has 1 saturated heterocycles. The van der Waals surface area contributed by atoms with Crippen molar-refractivity contribution in [3.05, 3.63) is 72.9 Å². The monoisotopic (exact) mass is 552 g/mol. The van der Waals surface area contributed by atoms with Crippen molar-refractivity contribution >= 4 is 28.1 Å². The maximum atomic E-state index is 13.8. The third kappa shape index (κ3) is 5.22. The van der Waals surface area contributed by atoms with Crippen molar-refractivity contribution in [3.63, 3.8) is 0 Å². The molecule has 9 nitrogen and oxygen atoms in total. The van der Waals surface area contributed by atoms with Crippen LogP contribution >= 0.6 is 0 Å². The Hall–Kier alpha value is -4.45. The number of alkyl halides is 3. The number of halogens is 3. The fraction of sp³-hybridized carbons (Fsp3) is 0.286. The van der Waals surface area contributed by atoms with Gasteiger partial charge in [0.1, 0.15) is 47.9 Å². The molecule has 0 unspecified atom stereocenters. The summed E-state index contributed by atoms with van der Waals surface area (Å²) < 4.78 is 77.9. The maximum absolute atomic E-state index is 13.8. The zero-order valence-electron chi connectivity index (χ0n) is 24.3. The van der Waals surface area contributed by atoms with Crippen molar-refractivity contribution in [1.82, 2.24) is 29.5 Å². The Morgan fingerprint density at radius 1 is 1.05 bits per heavy atom. The van der Waals surface area contributed by atoms with Gasteiger partial charge in [-0.2, -0.15) is 18.3 Å². The van der Waals surface area contributed by atoms with E-state index in [2.05, 4.69) is 25.4 Å². The second kappa shape index (κ2) is 10.3. The standard InChI is InChI=1S/C28H26F3N7O2/c1-17-12-18(6-7-22(17)39-20-9-11-38-25(14-20)33-16-35-38)36-27-26-21(32-15-34-27)4-3-5-23(26)40-19-8-10-37(2)24(13-19)28(29,30)31/h3-7,9,11-12,14-16,19,24H,8,10,13H2,1-2H3,(H,32,34,36)/t19-,24+/m0/s1/i2D3. The fourth-order valence-corrected chi connectivity index (χ4v) is 4.77. The number of aromatic nitrogens is 5. The minimum Gasteiger partial charge on any atom is -0.489 e. The number of piperidine rings is 1. The Kier molecular flexibility index (Phi) is 5.74. The average molecular weight is 553 g/mol. The molecule has 6 rings (SSSR count). The Morgan fingerprint density at radius 3 is 2.77 bits per heavy atom. The van der Waals surface area contributed by atoms with Gasteiger partial charge in [-0.1, -0.05) is 6.07 Å².